The number of carbonyl (C=O) groups is 1. The molecule has 0 radical (unpaired) electrons. The lowest BCUT2D eigenvalue weighted by Gasteiger charge is -2.31. The third-order valence-corrected chi connectivity index (χ3v) is 4.60. The first-order chi connectivity index (χ1) is 13.2. The van der Waals surface area contributed by atoms with Gasteiger partial charge in [0.1, 0.15) is 17.5 Å². The van der Waals surface area contributed by atoms with Crippen molar-refractivity contribution in [2.24, 2.45) is 0 Å². The van der Waals surface area contributed by atoms with Gasteiger partial charge in [0.05, 0.1) is 19.8 Å². The Morgan fingerprint density at radius 3 is 3.04 bits per heavy atom. The van der Waals surface area contributed by atoms with Crippen molar-refractivity contribution in [3.05, 3.63) is 54.4 Å². The van der Waals surface area contributed by atoms with Crippen molar-refractivity contribution < 1.29 is 19.0 Å². The maximum atomic E-state index is 12.7. The van der Waals surface area contributed by atoms with Gasteiger partial charge in [0, 0.05) is 29.8 Å². The van der Waals surface area contributed by atoms with Crippen molar-refractivity contribution >= 4 is 16.8 Å². The van der Waals surface area contributed by atoms with Gasteiger partial charge in [-0.05, 0) is 36.8 Å². The highest BCUT2D eigenvalue weighted by Crippen LogP contribution is 2.22. The average Bonchev–Trinajstić information content (AvgIpc) is 3.13. The molecule has 7 nitrogen and oxygen atoms in total. The summed E-state index contributed by atoms with van der Waals surface area (Å²) >= 11 is 0. The summed E-state index contributed by atoms with van der Waals surface area (Å²) in [6.45, 7) is 0.988. The standard InChI is InChI=1S/C20H21N3O4/c1-25-14-5-6-15-13(10-14)11-17(22-15)20(24)23-16-7-9-26-12-18(16)27-19-4-2-3-8-21-19/h2-6,8,10-11,16,18,22H,7,9,12H2,1H3,(H,23,24)/t16-,18-/m1/s1. The van der Waals surface area contributed by atoms with E-state index in [1.165, 1.54) is 0 Å². The lowest BCUT2D eigenvalue weighted by atomic mass is 10.1. The Morgan fingerprint density at radius 2 is 2.22 bits per heavy atom. The normalized spacial score (nSPS) is 19.6. The molecule has 1 amide bonds. The summed E-state index contributed by atoms with van der Waals surface area (Å²) in [6, 6.07) is 12.8. The first-order valence-corrected chi connectivity index (χ1v) is 8.86. The van der Waals surface area contributed by atoms with E-state index in [-0.39, 0.29) is 18.1 Å². The van der Waals surface area contributed by atoms with E-state index in [0.29, 0.717) is 31.2 Å². The van der Waals surface area contributed by atoms with Crippen molar-refractivity contribution in [2.75, 3.05) is 20.3 Å². The molecule has 1 aliphatic rings. The molecule has 0 spiro atoms. The van der Waals surface area contributed by atoms with Gasteiger partial charge in [-0.1, -0.05) is 6.07 Å². The highest BCUT2D eigenvalue weighted by Gasteiger charge is 2.30. The molecular weight excluding hydrogens is 346 g/mol. The van der Waals surface area contributed by atoms with Crippen LogP contribution in [0.1, 0.15) is 16.9 Å². The molecule has 7 heteroatoms. The number of fused-ring (bicyclic) bond motifs is 1. The van der Waals surface area contributed by atoms with E-state index in [1.807, 2.05) is 36.4 Å². The maximum Gasteiger partial charge on any atom is 0.268 e. The van der Waals surface area contributed by atoms with Crippen LogP contribution in [0.3, 0.4) is 0 Å². The Bertz CT molecular complexity index is 925. The fourth-order valence-corrected chi connectivity index (χ4v) is 3.17. The topological polar surface area (TPSA) is 85.5 Å². The van der Waals surface area contributed by atoms with Crippen LogP contribution in [0.15, 0.2) is 48.7 Å². The van der Waals surface area contributed by atoms with Crippen molar-refractivity contribution in [3.8, 4) is 11.6 Å². The van der Waals surface area contributed by atoms with Crippen LogP contribution in [0, 0.1) is 0 Å². The van der Waals surface area contributed by atoms with Crippen LogP contribution in [0.5, 0.6) is 11.6 Å². The molecular formula is C20H21N3O4. The van der Waals surface area contributed by atoms with Crippen LogP contribution in [0.2, 0.25) is 0 Å². The van der Waals surface area contributed by atoms with Crippen LogP contribution < -0.4 is 14.8 Å². The number of rotatable bonds is 5. The predicted octanol–water partition coefficient (Wildman–Crippen LogP) is 2.54. The van der Waals surface area contributed by atoms with E-state index < -0.39 is 0 Å². The smallest absolute Gasteiger partial charge is 0.268 e. The molecule has 2 N–H and O–H groups in total. The zero-order valence-corrected chi connectivity index (χ0v) is 15.0. The summed E-state index contributed by atoms with van der Waals surface area (Å²) in [5, 5.41) is 3.98. The second-order valence-corrected chi connectivity index (χ2v) is 6.40. The quantitative estimate of drug-likeness (QED) is 0.724. The Kier molecular flexibility index (Phi) is 4.93. The van der Waals surface area contributed by atoms with Crippen LogP contribution >= 0.6 is 0 Å². The number of nitrogens with one attached hydrogen (secondary N) is 2. The minimum atomic E-state index is -0.290. The van der Waals surface area contributed by atoms with Crippen molar-refractivity contribution in [3.63, 3.8) is 0 Å². The molecule has 0 aliphatic carbocycles. The van der Waals surface area contributed by atoms with E-state index in [9.17, 15) is 4.79 Å². The van der Waals surface area contributed by atoms with E-state index >= 15 is 0 Å². The minimum absolute atomic E-state index is 0.158. The fraction of sp³-hybridized carbons (Fsp3) is 0.300. The molecule has 3 aromatic rings. The van der Waals surface area contributed by atoms with Crippen LogP contribution in [0.4, 0.5) is 0 Å². The molecule has 0 bridgehead atoms. The number of hydrogen-bond donors (Lipinski definition) is 2. The van der Waals surface area contributed by atoms with Crippen LogP contribution in [0.25, 0.3) is 10.9 Å². The van der Waals surface area contributed by atoms with Crippen molar-refractivity contribution in [1.82, 2.24) is 15.3 Å². The van der Waals surface area contributed by atoms with E-state index in [4.69, 9.17) is 14.2 Å². The number of H-pyrrole nitrogens is 1. The Morgan fingerprint density at radius 1 is 1.30 bits per heavy atom. The maximum absolute atomic E-state index is 12.7. The molecule has 2 aromatic heterocycles. The second-order valence-electron chi connectivity index (χ2n) is 6.40. The van der Waals surface area contributed by atoms with Gasteiger partial charge in [-0.15, -0.1) is 0 Å². The van der Waals surface area contributed by atoms with Crippen LogP contribution in [-0.4, -0.2) is 48.3 Å². The highest BCUT2D eigenvalue weighted by molar-refractivity contribution is 5.98. The van der Waals surface area contributed by atoms with Crippen LogP contribution in [-0.2, 0) is 4.74 Å². The molecule has 1 aromatic carbocycles. The lowest BCUT2D eigenvalue weighted by molar-refractivity contribution is -0.0153. The summed E-state index contributed by atoms with van der Waals surface area (Å²) in [6.07, 6.45) is 2.06. The number of methoxy groups -OCH3 is 1. The number of ether oxygens (including phenoxy) is 3. The van der Waals surface area contributed by atoms with Gasteiger partial charge < -0.3 is 24.5 Å². The predicted molar refractivity (Wildman–Crippen MR) is 100 cm³/mol. The zero-order valence-electron chi connectivity index (χ0n) is 15.0. The van der Waals surface area contributed by atoms with E-state index in [2.05, 4.69) is 15.3 Å². The summed E-state index contributed by atoms with van der Waals surface area (Å²) in [5.41, 5.74) is 1.38. The number of aromatic nitrogens is 2. The fourth-order valence-electron chi connectivity index (χ4n) is 3.17. The molecule has 140 valence electrons. The van der Waals surface area contributed by atoms with E-state index in [1.54, 1.807) is 19.4 Å². The third-order valence-electron chi connectivity index (χ3n) is 4.60. The SMILES string of the molecule is COc1ccc2[nH]c(C(=O)N[C@@H]3CCOC[C@H]3Oc3ccccn3)cc2c1. The molecule has 1 fully saturated rings. The molecule has 0 unspecified atom stereocenters. The average molecular weight is 367 g/mol. The highest BCUT2D eigenvalue weighted by atomic mass is 16.5. The number of hydrogen-bond acceptors (Lipinski definition) is 5. The van der Waals surface area contributed by atoms with Gasteiger partial charge in [0.25, 0.3) is 5.91 Å². The van der Waals surface area contributed by atoms with Gasteiger partial charge >= 0.3 is 0 Å². The zero-order chi connectivity index (χ0) is 18.6. The molecule has 4 rings (SSSR count). The summed E-state index contributed by atoms with van der Waals surface area (Å²) in [5.74, 6) is 1.10. The molecule has 3 heterocycles. The first-order valence-electron chi connectivity index (χ1n) is 8.86. The van der Waals surface area contributed by atoms with Gasteiger partial charge in [0.2, 0.25) is 5.88 Å². The summed E-state index contributed by atoms with van der Waals surface area (Å²) in [7, 11) is 1.62. The monoisotopic (exact) mass is 367 g/mol. The second kappa shape index (κ2) is 7.67. The minimum Gasteiger partial charge on any atom is -0.497 e. The summed E-state index contributed by atoms with van der Waals surface area (Å²) in [4.78, 5) is 20.1. The Balaban J connectivity index is 1.48. The lowest BCUT2D eigenvalue weighted by Crippen LogP contribution is -2.51. The number of nitrogens with zero attached hydrogens (tertiary/aromatic N) is 1. The third kappa shape index (κ3) is 3.88. The van der Waals surface area contributed by atoms with Crippen molar-refractivity contribution in [1.29, 1.82) is 0 Å². The number of benzene rings is 1. The van der Waals surface area contributed by atoms with Gasteiger partial charge in [0.15, 0.2) is 0 Å². The molecule has 1 saturated heterocycles. The first kappa shape index (κ1) is 17.4. The summed E-state index contributed by atoms with van der Waals surface area (Å²) < 4.78 is 16.7. The Hall–Kier alpha value is -3.06. The largest absolute Gasteiger partial charge is 0.497 e. The van der Waals surface area contributed by atoms with Gasteiger partial charge in [-0.25, -0.2) is 4.98 Å². The molecule has 2 atom stereocenters. The molecule has 1 aliphatic heterocycles. The Labute approximate surface area is 156 Å². The van der Waals surface area contributed by atoms with Gasteiger partial charge in [-0.2, -0.15) is 0 Å². The van der Waals surface area contributed by atoms with Crippen molar-refractivity contribution in [2.45, 2.75) is 18.6 Å². The number of aromatic amines is 1. The van der Waals surface area contributed by atoms with E-state index in [0.717, 1.165) is 16.7 Å². The van der Waals surface area contributed by atoms with Gasteiger partial charge in [-0.3, -0.25) is 4.79 Å². The number of carbonyl (C=O) groups excluding carboxylic acids is 1. The number of pyridine rings is 1. The molecule has 0 saturated carbocycles. The number of amides is 1. The molecule has 27 heavy (non-hydrogen) atoms.